The van der Waals surface area contributed by atoms with Crippen LogP contribution < -0.4 is 4.90 Å². The van der Waals surface area contributed by atoms with Crippen LogP contribution in [0.15, 0.2) is 12.3 Å². The molecule has 2 unspecified atom stereocenters. The zero-order valence-electron chi connectivity index (χ0n) is 10.6. The molecule has 1 N–H and O–H groups in total. The monoisotopic (exact) mass is 268 g/mol. The molecule has 0 saturated carbocycles. The molecule has 2 atom stereocenters. The summed E-state index contributed by atoms with van der Waals surface area (Å²) in [5.74, 6) is 0.719. The van der Waals surface area contributed by atoms with E-state index in [0.717, 1.165) is 13.1 Å². The lowest BCUT2D eigenvalue weighted by Gasteiger charge is -2.36. The van der Waals surface area contributed by atoms with Gasteiger partial charge in [0.1, 0.15) is 5.82 Å². The van der Waals surface area contributed by atoms with E-state index in [4.69, 9.17) is 16.7 Å². The average Bonchev–Trinajstić information content (AvgIpc) is 2.27. The first-order valence-corrected chi connectivity index (χ1v) is 6.49. The molecule has 0 spiro atoms. The molecule has 0 radical (unpaired) electrons. The van der Waals surface area contributed by atoms with Gasteiger partial charge in [-0.05, 0) is 24.3 Å². The van der Waals surface area contributed by atoms with Crippen molar-refractivity contribution >= 4 is 23.4 Å². The molecule has 5 heteroatoms. The number of piperidine rings is 1. The lowest BCUT2D eigenvalue weighted by molar-refractivity contribution is 0.0697. The molecule has 98 valence electrons. The number of hydrogen-bond acceptors (Lipinski definition) is 3. The van der Waals surface area contributed by atoms with E-state index < -0.39 is 5.97 Å². The van der Waals surface area contributed by atoms with Crippen LogP contribution in [0.1, 0.15) is 30.6 Å². The van der Waals surface area contributed by atoms with Crippen LogP contribution in [0.2, 0.25) is 5.02 Å². The van der Waals surface area contributed by atoms with Crippen molar-refractivity contribution < 1.29 is 9.90 Å². The minimum absolute atomic E-state index is 0.118. The van der Waals surface area contributed by atoms with Crippen LogP contribution in [-0.4, -0.2) is 29.1 Å². The third-order valence-electron chi connectivity index (χ3n) is 3.27. The molecule has 2 rings (SSSR count). The van der Waals surface area contributed by atoms with Crippen molar-refractivity contribution in [3.05, 3.63) is 22.8 Å². The minimum atomic E-state index is -1.01. The number of pyridine rings is 1. The Labute approximate surface area is 112 Å². The molecule has 1 aliphatic rings. The molecule has 1 aliphatic heterocycles. The molecule has 18 heavy (non-hydrogen) atoms. The number of rotatable bonds is 2. The van der Waals surface area contributed by atoms with Gasteiger partial charge in [-0.15, -0.1) is 0 Å². The van der Waals surface area contributed by atoms with Gasteiger partial charge in [-0.25, -0.2) is 9.78 Å². The van der Waals surface area contributed by atoms with Crippen LogP contribution in [0, 0.1) is 11.8 Å². The lowest BCUT2D eigenvalue weighted by atomic mass is 9.92. The van der Waals surface area contributed by atoms with E-state index in [-0.39, 0.29) is 10.6 Å². The van der Waals surface area contributed by atoms with Gasteiger partial charge >= 0.3 is 5.97 Å². The van der Waals surface area contributed by atoms with Crippen molar-refractivity contribution in [1.29, 1.82) is 0 Å². The highest BCUT2D eigenvalue weighted by Crippen LogP contribution is 2.31. The van der Waals surface area contributed by atoms with Crippen molar-refractivity contribution in [3.63, 3.8) is 0 Å². The minimum Gasteiger partial charge on any atom is -0.478 e. The van der Waals surface area contributed by atoms with Gasteiger partial charge in [0.15, 0.2) is 0 Å². The molecule has 1 saturated heterocycles. The lowest BCUT2D eigenvalue weighted by Crippen LogP contribution is -2.39. The Morgan fingerprint density at radius 1 is 1.44 bits per heavy atom. The Morgan fingerprint density at radius 3 is 2.61 bits per heavy atom. The normalized spacial score (nSPS) is 24.1. The first kappa shape index (κ1) is 13.1. The van der Waals surface area contributed by atoms with Gasteiger partial charge < -0.3 is 10.0 Å². The van der Waals surface area contributed by atoms with E-state index in [1.165, 1.54) is 18.7 Å². The SMILES string of the molecule is CC1CC(C)CN(c2nccc(C(=O)O)c2Cl)C1. The number of carboxylic acid groups (broad SMARTS) is 1. The van der Waals surface area contributed by atoms with E-state index in [0.29, 0.717) is 17.7 Å². The smallest absolute Gasteiger partial charge is 0.337 e. The fraction of sp³-hybridized carbons (Fsp3) is 0.538. The van der Waals surface area contributed by atoms with Crippen LogP contribution in [0.3, 0.4) is 0 Å². The maximum atomic E-state index is 11.1. The highest BCUT2D eigenvalue weighted by molar-refractivity contribution is 6.35. The summed E-state index contributed by atoms with van der Waals surface area (Å²) < 4.78 is 0. The number of carbonyl (C=O) groups is 1. The molecule has 1 aromatic rings. The summed E-state index contributed by atoms with van der Waals surface area (Å²) in [6.45, 7) is 6.13. The van der Waals surface area contributed by atoms with Gasteiger partial charge in [0, 0.05) is 19.3 Å². The van der Waals surface area contributed by atoms with Crippen LogP contribution in [-0.2, 0) is 0 Å². The highest BCUT2D eigenvalue weighted by atomic mass is 35.5. The van der Waals surface area contributed by atoms with Crippen molar-refractivity contribution in [3.8, 4) is 0 Å². The number of aromatic carboxylic acids is 1. The molecule has 1 aromatic heterocycles. The topological polar surface area (TPSA) is 53.4 Å². The van der Waals surface area contributed by atoms with Crippen molar-refractivity contribution in [2.75, 3.05) is 18.0 Å². The zero-order valence-corrected chi connectivity index (χ0v) is 11.3. The van der Waals surface area contributed by atoms with Crippen molar-refractivity contribution in [2.24, 2.45) is 11.8 Å². The third-order valence-corrected chi connectivity index (χ3v) is 3.64. The summed E-state index contributed by atoms with van der Waals surface area (Å²) in [4.78, 5) is 17.4. The second-order valence-electron chi connectivity index (χ2n) is 5.15. The summed E-state index contributed by atoms with van der Waals surface area (Å²) in [6, 6.07) is 1.44. The molecule has 2 heterocycles. The molecule has 0 aromatic carbocycles. The van der Waals surface area contributed by atoms with E-state index in [9.17, 15) is 4.79 Å². The molecule has 0 bridgehead atoms. The molecule has 0 amide bonds. The van der Waals surface area contributed by atoms with E-state index in [2.05, 4.69) is 23.7 Å². The fourth-order valence-corrected chi connectivity index (χ4v) is 2.97. The molecular formula is C13H17ClN2O2. The van der Waals surface area contributed by atoms with Crippen LogP contribution in [0.4, 0.5) is 5.82 Å². The summed E-state index contributed by atoms with van der Waals surface area (Å²) in [5.41, 5.74) is 0.118. The largest absolute Gasteiger partial charge is 0.478 e. The number of hydrogen-bond donors (Lipinski definition) is 1. The summed E-state index contributed by atoms with van der Waals surface area (Å²) in [6.07, 6.45) is 2.70. The second-order valence-corrected chi connectivity index (χ2v) is 5.53. The zero-order chi connectivity index (χ0) is 13.3. The number of nitrogens with zero attached hydrogens (tertiary/aromatic N) is 2. The maximum absolute atomic E-state index is 11.1. The van der Waals surface area contributed by atoms with Gasteiger partial charge in [-0.2, -0.15) is 0 Å². The van der Waals surface area contributed by atoms with Gasteiger partial charge in [0.05, 0.1) is 10.6 Å². The van der Waals surface area contributed by atoms with Crippen molar-refractivity contribution in [2.45, 2.75) is 20.3 Å². The predicted molar refractivity (Wildman–Crippen MR) is 71.4 cm³/mol. The van der Waals surface area contributed by atoms with E-state index in [1.54, 1.807) is 0 Å². The number of carboxylic acids is 1. The molecule has 0 aliphatic carbocycles. The van der Waals surface area contributed by atoms with Gasteiger partial charge in [0.25, 0.3) is 0 Å². The standard InChI is InChI=1S/C13H17ClN2O2/c1-8-5-9(2)7-16(6-8)12-11(14)10(13(17)18)3-4-15-12/h3-4,8-9H,5-7H2,1-2H3,(H,17,18). The Bertz CT molecular complexity index is 454. The molecular weight excluding hydrogens is 252 g/mol. The Hall–Kier alpha value is -1.29. The maximum Gasteiger partial charge on any atom is 0.337 e. The van der Waals surface area contributed by atoms with Crippen LogP contribution >= 0.6 is 11.6 Å². The summed E-state index contributed by atoms with van der Waals surface area (Å²) in [5, 5.41) is 9.30. The fourth-order valence-electron chi connectivity index (χ4n) is 2.65. The second kappa shape index (κ2) is 5.14. The van der Waals surface area contributed by atoms with Gasteiger partial charge in [0.2, 0.25) is 0 Å². The van der Waals surface area contributed by atoms with E-state index in [1.807, 2.05) is 0 Å². The third kappa shape index (κ3) is 2.58. The molecule has 1 fully saturated rings. The summed E-state index contributed by atoms with van der Waals surface area (Å²) in [7, 11) is 0. The first-order chi connectivity index (χ1) is 8.49. The number of aromatic nitrogens is 1. The van der Waals surface area contributed by atoms with Gasteiger partial charge in [-0.3, -0.25) is 0 Å². The van der Waals surface area contributed by atoms with E-state index >= 15 is 0 Å². The molecule has 4 nitrogen and oxygen atoms in total. The van der Waals surface area contributed by atoms with Crippen LogP contribution in [0.5, 0.6) is 0 Å². The number of anilines is 1. The number of halogens is 1. The van der Waals surface area contributed by atoms with Gasteiger partial charge in [-0.1, -0.05) is 25.4 Å². The first-order valence-electron chi connectivity index (χ1n) is 6.11. The predicted octanol–water partition coefficient (Wildman–Crippen LogP) is 2.92. The quantitative estimate of drug-likeness (QED) is 0.896. The average molecular weight is 269 g/mol. The Kier molecular flexibility index (Phi) is 3.76. The van der Waals surface area contributed by atoms with Crippen molar-refractivity contribution in [1.82, 2.24) is 4.98 Å². The van der Waals surface area contributed by atoms with Crippen LogP contribution in [0.25, 0.3) is 0 Å². The summed E-state index contributed by atoms with van der Waals surface area (Å²) >= 11 is 6.15. The Morgan fingerprint density at radius 2 is 2.06 bits per heavy atom. The Balaban J connectivity index is 2.33. The highest BCUT2D eigenvalue weighted by Gasteiger charge is 2.25.